The average molecular weight is 219 g/mol. The number of aliphatic hydroxyl groups is 1. The molecular weight excluding hydrogens is 214 g/mol. The Morgan fingerprint density at radius 3 is 2.71 bits per heavy atom. The number of nitrogens with zero attached hydrogens (tertiary/aromatic N) is 2. The number of hydrogen-bond acceptors (Lipinski definition) is 3. The molecule has 0 aliphatic heterocycles. The van der Waals surface area contributed by atoms with Crippen molar-refractivity contribution in [3.8, 4) is 6.07 Å². The molecule has 0 amide bonds. The highest BCUT2D eigenvalue weighted by molar-refractivity contribution is 6.31. The Kier molecular flexibility index (Phi) is 3.33. The number of nitriles is 1. The molecule has 1 N–H and O–H groups in total. The number of rotatable bonds is 2. The van der Waals surface area contributed by atoms with Gasteiger partial charge >= 0.3 is 0 Å². The van der Waals surface area contributed by atoms with E-state index in [0.717, 1.165) is 6.20 Å². The molecule has 0 aliphatic carbocycles. The molecule has 0 bridgehead atoms. The van der Waals surface area contributed by atoms with E-state index in [4.69, 9.17) is 22.0 Å². The molecule has 1 aromatic heterocycles. The molecular formula is C8H5ClF2N2O. The monoisotopic (exact) mass is 218 g/mol. The Labute approximate surface area is 83.6 Å². The van der Waals surface area contributed by atoms with E-state index in [1.165, 1.54) is 0 Å². The first-order chi connectivity index (χ1) is 6.61. The Hall–Kier alpha value is -1.25. The lowest BCUT2D eigenvalue weighted by Gasteiger charge is -2.07. The van der Waals surface area contributed by atoms with Crippen LogP contribution in [0.25, 0.3) is 0 Å². The summed E-state index contributed by atoms with van der Waals surface area (Å²) in [4.78, 5) is 3.36. The van der Waals surface area contributed by atoms with Crippen molar-refractivity contribution in [1.82, 2.24) is 4.98 Å². The first-order valence-corrected chi connectivity index (χ1v) is 3.96. The van der Waals surface area contributed by atoms with Crippen LogP contribution in [0.2, 0.25) is 5.02 Å². The number of aromatic nitrogens is 1. The predicted octanol–water partition coefficient (Wildman–Crippen LogP) is 2.04. The van der Waals surface area contributed by atoms with Gasteiger partial charge in [-0.2, -0.15) is 5.26 Å². The summed E-state index contributed by atoms with van der Waals surface area (Å²) in [6, 6.07) is 1.64. The Balaban J connectivity index is 3.42. The zero-order valence-electron chi connectivity index (χ0n) is 6.84. The van der Waals surface area contributed by atoms with Crippen LogP contribution >= 0.6 is 11.6 Å². The maximum Gasteiger partial charge on any atom is 0.280 e. The van der Waals surface area contributed by atoms with Crippen LogP contribution in [0.3, 0.4) is 0 Å². The molecule has 1 heterocycles. The largest absolute Gasteiger partial charge is 0.392 e. The molecule has 0 saturated heterocycles. The number of pyridine rings is 1. The molecule has 3 nitrogen and oxygen atoms in total. The Morgan fingerprint density at radius 1 is 1.64 bits per heavy atom. The summed E-state index contributed by atoms with van der Waals surface area (Å²) in [5, 5.41) is 17.4. The fourth-order valence-corrected chi connectivity index (χ4v) is 1.22. The molecule has 0 aliphatic rings. The summed E-state index contributed by atoms with van der Waals surface area (Å²) in [5.41, 5.74) is -0.970. The van der Waals surface area contributed by atoms with Crippen LogP contribution in [0.15, 0.2) is 6.20 Å². The first kappa shape index (κ1) is 10.8. The second-order valence-corrected chi connectivity index (χ2v) is 2.82. The highest BCUT2D eigenvalue weighted by Gasteiger charge is 2.19. The van der Waals surface area contributed by atoms with Crippen molar-refractivity contribution in [2.75, 3.05) is 0 Å². The molecule has 0 radical (unpaired) electrons. The molecule has 6 heteroatoms. The summed E-state index contributed by atoms with van der Waals surface area (Å²) < 4.78 is 24.7. The number of alkyl halides is 2. The van der Waals surface area contributed by atoms with Gasteiger partial charge < -0.3 is 5.11 Å². The van der Waals surface area contributed by atoms with Gasteiger partial charge in [-0.15, -0.1) is 0 Å². The van der Waals surface area contributed by atoms with Crippen molar-refractivity contribution < 1.29 is 13.9 Å². The minimum Gasteiger partial charge on any atom is -0.392 e. The Morgan fingerprint density at radius 2 is 2.29 bits per heavy atom. The van der Waals surface area contributed by atoms with Crippen molar-refractivity contribution in [3.05, 3.63) is 28.0 Å². The maximum atomic E-state index is 12.3. The topological polar surface area (TPSA) is 56.9 Å². The van der Waals surface area contributed by atoms with Gasteiger partial charge in [0.2, 0.25) is 0 Å². The van der Waals surface area contributed by atoms with Crippen LogP contribution in [0.5, 0.6) is 0 Å². The molecule has 1 aromatic rings. The van der Waals surface area contributed by atoms with Gasteiger partial charge in [0.05, 0.1) is 17.2 Å². The number of halogens is 3. The molecule has 0 saturated carbocycles. The molecule has 0 aromatic carbocycles. The fourth-order valence-electron chi connectivity index (χ4n) is 1.01. The minimum absolute atomic E-state index is 0.0408. The van der Waals surface area contributed by atoms with E-state index in [-0.39, 0.29) is 16.1 Å². The molecule has 0 atom stereocenters. The van der Waals surface area contributed by atoms with E-state index in [1.54, 1.807) is 6.07 Å². The molecule has 74 valence electrons. The van der Waals surface area contributed by atoms with Gasteiger partial charge in [-0.05, 0) is 0 Å². The smallest absolute Gasteiger partial charge is 0.280 e. The molecule has 14 heavy (non-hydrogen) atoms. The van der Waals surface area contributed by atoms with Gasteiger partial charge in [-0.3, -0.25) is 4.98 Å². The van der Waals surface area contributed by atoms with Crippen molar-refractivity contribution in [2.24, 2.45) is 0 Å². The summed E-state index contributed by atoms with van der Waals surface area (Å²) in [6.45, 7) is -0.684. The van der Waals surface area contributed by atoms with E-state index in [0.29, 0.717) is 0 Å². The second kappa shape index (κ2) is 4.31. The SMILES string of the molecule is N#Cc1c(Cl)cnc(C(F)F)c1CO. The fraction of sp³-hybridized carbons (Fsp3) is 0.250. The van der Waals surface area contributed by atoms with E-state index >= 15 is 0 Å². The van der Waals surface area contributed by atoms with E-state index in [1.807, 2.05) is 0 Å². The minimum atomic E-state index is -2.83. The zero-order chi connectivity index (χ0) is 10.7. The zero-order valence-corrected chi connectivity index (χ0v) is 7.59. The predicted molar refractivity (Wildman–Crippen MR) is 44.8 cm³/mol. The van der Waals surface area contributed by atoms with E-state index < -0.39 is 18.7 Å². The molecule has 0 fully saturated rings. The summed E-state index contributed by atoms with van der Waals surface area (Å²) in [6.07, 6.45) is -1.86. The van der Waals surface area contributed by atoms with Crippen LogP contribution < -0.4 is 0 Å². The van der Waals surface area contributed by atoms with Crippen molar-refractivity contribution in [3.63, 3.8) is 0 Å². The lowest BCUT2D eigenvalue weighted by atomic mass is 10.1. The van der Waals surface area contributed by atoms with Gasteiger partial charge in [0.1, 0.15) is 11.8 Å². The third kappa shape index (κ3) is 1.81. The van der Waals surface area contributed by atoms with Crippen LogP contribution in [-0.4, -0.2) is 10.1 Å². The van der Waals surface area contributed by atoms with Crippen LogP contribution in [0, 0.1) is 11.3 Å². The van der Waals surface area contributed by atoms with Crippen LogP contribution in [0.4, 0.5) is 8.78 Å². The molecule has 0 spiro atoms. The third-order valence-corrected chi connectivity index (χ3v) is 1.93. The lowest BCUT2D eigenvalue weighted by molar-refractivity contribution is 0.141. The quantitative estimate of drug-likeness (QED) is 0.826. The lowest BCUT2D eigenvalue weighted by Crippen LogP contribution is -2.02. The van der Waals surface area contributed by atoms with Gasteiger partial charge in [-0.1, -0.05) is 11.6 Å². The van der Waals surface area contributed by atoms with Crippen LogP contribution in [0.1, 0.15) is 23.2 Å². The van der Waals surface area contributed by atoms with Crippen LogP contribution in [-0.2, 0) is 6.61 Å². The van der Waals surface area contributed by atoms with E-state index in [2.05, 4.69) is 4.98 Å². The molecule has 1 rings (SSSR count). The van der Waals surface area contributed by atoms with Gasteiger partial charge in [0.15, 0.2) is 0 Å². The van der Waals surface area contributed by atoms with Crippen molar-refractivity contribution >= 4 is 11.6 Å². The maximum absolute atomic E-state index is 12.3. The summed E-state index contributed by atoms with van der Waals surface area (Å²) >= 11 is 5.54. The van der Waals surface area contributed by atoms with Gasteiger partial charge in [-0.25, -0.2) is 8.78 Å². The number of aliphatic hydroxyl groups excluding tert-OH is 1. The summed E-state index contributed by atoms with van der Waals surface area (Å²) in [7, 11) is 0. The molecule has 0 unspecified atom stereocenters. The summed E-state index contributed by atoms with van der Waals surface area (Å²) in [5.74, 6) is 0. The normalized spacial score (nSPS) is 10.3. The van der Waals surface area contributed by atoms with Crippen molar-refractivity contribution in [2.45, 2.75) is 13.0 Å². The second-order valence-electron chi connectivity index (χ2n) is 2.42. The first-order valence-electron chi connectivity index (χ1n) is 3.58. The highest BCUT2D eigenvalue weighted by atomic mass is 35.5. The van der Waals surface area contributed by atoms with E-state index in [9.17, 15) is 8.78 Å². The third-order valence-electron chi connectivity index (χ3n) is 1.64. The Bertz CT molecular complexity index is 390. The van der Waals surface area contributed by atoms with Crippen molar-refractivity contribution in [1.29, 1.82) is 5.26 Å². The standard InChI is InChI=1S/C8H5ClF2N2O/c9-6-2-13-7(8(10)11)5(3-14)4(6)1-12/h2,8,14H,3H2. The number of hydrogen-bond donors (Lipinski definition) is 1. The highest BCUT2D eigenvalue weighted by Crippen LogP contribution is 2.27. The van der Waals surface area contributed by atoms with Gasteiger partial charge in [0.25, 0.3) is 6.43 Å². The van der Waals surface area contributed by atoms with Gasteiger partial charge in [0, 0.05) is 11.8 Å². The average Bonchev–Trinajstić information content (AvgIpc) is 2.16.